The van der Waals surface area contributed by atoms with Crippen LogP contribution in [-0.4, -0.2) is 23.4 Å². The smallest absolute Gasteiger partial charge is 0.389 e. The molecule has 2 nitrogen and oxygen atoms in total. The molecule has 0 amide bonds. The van der Waals surface area contributed by atoms with Gasteiger partial charge in [0.2, 0.25) is 0 Å². The average molecular weight is 289 g/mol. The fraction of sp³-hybridized carbons (Fsp3) is 0.600. The number of alkyl halides is 3. The van der Waals surface area contributed by atoms with Gasteiger partial charge in [0.1, 0.15) is 6.04 Å². The van der Waals surface area contributed by atoms with Crippen molar-refractivity contribution in [2.24, 2.45) is 5.92 Å². The highest BCUT2D eigenvalue weighted by molar-refractivity contribution is 5.20. The predicted molar refractivity (Wildman–Crippen MR) is 73.3 cm³/mol. The number of halogens is 3. The minimum Gasteiger partial charge on any atom is -0.389 e. The Morgan fingerprint density at radius 2 is 1.70 bits per heavy atom. The highest BCUT2D eigenvalue weighted by Crippen LogP contribution is 2.33. The summed E-state index contributed by atoms with van der Waals surface area (Å²) in [5, 5.41) is 12.6. The van der Waals surface area contributed by atoms with Crippen LogP contribution in [0.3, 0.4) is 0 Å². The van der Waals surface area contributed by atoms with Crippen LogP contribution in [0.5, 0.6) is 0 Å². The molecular weight excluding hydrogens is 267 g/mol. The van der Waals surface area contributed by atoms with Crippen molar-refractivity contribution in [2.75, 3.05) is 6.54 Å². The fourth-order valence-electron chi connectivity index (χ4n) is 2.34. The van der Waals surface area contributed by atoms with Gasteiger partial charge in [-0.15, -0.1) is 0 Å². The summed E-state index contributed by atoms with van der Waals surface area (Å²) < 4.78 is 39.3. The zero-order valence-electron chi connectivity index (χ0n) is 12.0. The lowest BCUT2D eigenvalue weighted by atomic mass is 9.93. The molecule has 0 saturated heterocycles. The van der Waals surface area contributed by atoms with E-state index in [1.807, 2.05) is 13.8 Å². The van der Waals surface area contributed by atoms with Crippen LogP contribution in [0.4, 0.5) is 13.2 Å². The Labute approximate surface area is 118 Å². The molecule has 0 fully saturated rings. The fourth-order valence-corrected chi connectivity index (χ4v) is 2.34. The lowest BCUT2D eigenvalue weighted by Crippen LogP contribution is -2.44. The quantitative estimate of drug-likeness (QED) is 0.837. The molecule has 114 valence electrons. The van der Waals surface area contributed by atoms with E-state index >= 15 is 0 Å². The van der Waals surface area contributed by atoms with Crippen molar-refractivity contribution in [3.8, 4) is 0 Å². The van der Waals surface area contributed by atoms with Crippen LogP contribution in [0, 0.1) is 5.92 Å². The van der Waals surface area contributed by atoms with Gasteiger partial charge in [-0.1, -0.05) is 44.2 Å². The van der Waals surface area contributed by atoms with E-state index in [-0.39, 0.29) is 18.0 Å². The SMILES string of the molecule is CC(C)CC(C)(O)CNC(c1ccccc1)C(F)(F)F. The van der Waals surface area contributed by atoms with Gasteiger partial charge in [0, 0.05) is 6.54 Å². The molecule has 5 heteroatoms. The molecule has 20 heavy (non-hydrogen) atoms. The lowest BCUT2D eigenvalue weighted by molar-refractivity contribution is -0.160. The second-order valence-electron chi connectivity index (χ2n) is 5.86. The first-order valence-electron chi connectivity index (χ1n) is 6.69. The lowest BCUT2D eigenvalue weighted by Gasteiger charge is -2.29. The number of benzene rings is 1. The number of aliphatic hydroxyl groups is 1. The molecule has 2 atom stereocenters. The van der Waals surface area contributed by atoms with Crippen LogP contribution in [0.15, 0.2) is 30.3 Å². The zero-order valence-corrected chi connectivity index (χ0v) is 12.0. The van der Waals surface area contributed by atoms with Crippen LogP contribution >= 0.6 is 0 Å². The summed E-state index contributed by atoms with van der Waals surface area (Å²) in [5.41, 5.74) is -1.01. The summed E-state index contributed by atoms with van der Waals surface area (Å²) in [5.74, 6) is 0.216. The van der Waals surface area contributed by atoms with Crippen molar-refractivity contribution in [1.82, 2.24) is 5.32 Å². The van der Waals surface area contributed by atoms with Crippen LogP contribution < -0.4 is 5.32 Å². The third kappa shape index (κ3) is 5.51. The van der Waals surface area contributed by atoms with Gasteiger partial charge >= 0.3 is 6.18 Å². The molecule has 0 aliphatic carbocycles. The van der Waals surface area contributed by atoms with E-state index in [1.165, 1.54) is 12.1 Å². The molecule has 0 spiro atoms. The Bertz CT molecular complexity index is 401. The Morgan fingerprint density at radius 1 is 1.15 bits per heavy atom. The van der Waals surface area contributed by atoms with Crippen molar-refractivity contribution in [2.45, 2.75) is 45.0 Å². The number of rotatable bonds is 6. The molecule has 1 aromatic rings. The molecule has 2 N–H and O–H groups in total. The molecule has 0 aromatic heterocycles. The number of hydrogen-bond acceptors (Lipinski definition) is 2. The van der Waals surface area contributed by atoms with Crippen molar-refractivity contribution in [3.63, 3.8) is 0 Å². The first kappa shape index (κ1) is 17.0. The Balaban J connectivity index is 2.78. The Morgan fingerprint density at radius 3 is 2.15 bits per heavy atom. The van der Waals surface area contributed by atoms with Gasteiger partial charge in [0.15, 0.2) is 0 Å². The molecule has 0 radical (unpaired) electrons. The van der Waals surface area contributed by atoms with Gasteiger partial charge < -0.3 is 5.11 Å². The summed E-state index contributed by atoms with van der Waals surface area (Å²) in [6.45, 7) is 5.29. The summed E-state index contributed by atoms with van der Waals surface area (Å²) >= 11 is 0. The number of nitrogens with one attached hydrogen (secondary N) is 1. The third-order valence-corrected chi connectivity index (χ3v) is 3.00. The van der Waals surface area contributed by atoms with E-state index in [0.717, 1.165) is 0 Å². The van der Waals surface area contributed by atoms with Crippen molar-refractivity contribution in [3.05, 3.63) is 35.9 Å². The maximum Gasteiger partial charge on any atom is 0.407 e. The number of hydrogen-bond donors (Lipinski definition) is 2. The van der Waals surface area contributed by atoms with Crippen molar-refractivity contribution >= 4 is 0 Å². The molecule has 2 unspecified atom stereocenters. The first-order valence-corrected chi connectivity index (χ1v) is 6.69. The molecule has 0 heterocycles. The minimum atomic E-state index is -4.39. The average Bonchev–Trinajstić information content (AvgIpc) is 2.26. The van der Waals surface area contributed by atoms with Crippen LogP contribution in [0.1, 0.15) is 38.8 Å². The highest BCUT2D eigenvalue weighted by atomic mass is 19.4. The summed E-state index contributed by atoms with van der Waals surface area (Å²) in [4.78, 5) is 0. The molecule has 1 aromatic carbocycles. The van der Waals surface area contributed by atoms with Gasteiger partial charge in [-0.25, -0.2) is 0 Å². The van der Waals surface area contributed by atoms with Gasteiger partial charge in [0.05, 0.1) is 5.60 Å². The normalized spacial score (nSPS) is 17.0. The third-order valence-electron chi connectivity index (χ3n) is 3.00. The minimum absolute atomic E-state index is 0.107. The van der Waals surface area contributed by atoms with Crippen molar-refractivity contribution < 1.29 is 18.3 Å². The first-order chi connectivity index (χ1) is 9.12. The van der Waals surface area contributed by atoms with Gasteiger partial charge in [-0.2, -0.15) is 13.2 Å². The molecule has 0 aliphatic rings. The Kier molecular flexibility index (Phi) is 5.59. The predicted octanol–water partition coefficient (Wildman–Crippen LogP) is 3.68. The van der Waals surface area contributed by atoms with E-state index in [9.17, 15) is 18.3 Å². The van der Waals surface area contributed by atoms with Gasteiger partial charge in [-0.3, -0.25) is 5.32 Å². The highest BCUT2D eigenvalue weighted by Gasteiger charge is 2.41. The van der Waals surface area contributed by atoms with Gasteiger partial charge in [-0.05, 0) is 24.8 Å². The monoisotopic (exact) mass is 289 g/mol. The van der Waals surface area contributed by atoms with Gasteiger partial charge in [0.25, 0.3) is 0 Å². The largest absolute Gasteiger partial charge is 0.407 e. The van der Waals surface area contributed by atoms with E-state index in [0.29, 0.717) is 6.42 Å². The van der Waals surface area contributed by atoms with E-state index in [2.05, 4.69) is 5.32 Å². The summed E-state index contributed by atoms with van der Waals surface area (Å²) in [7, 11) is 0. The van der Waals surface area contributed by atoms with E-state index in [1.54, 1.807) is 25.1 Å². The Hall–Kier alpha value is -1.07. The maximum atomic E-state index is 13.1. The summed E-state index contributed by atoms with van der Waals surface area (Å²) in [6, 6.07) is 5.92. The van der Waals surface area contributed by atoms with E-state index in [4.69, 9.17) is 0 Å². The van der Waals surface area contributed by atoms with Crippen LogP contribution in [0.2, 0.25) is 0 Å². The van der Waals surface area contributed by atoms with Crippen molar-refractivity contribution in [1.29, 1.82) is 0 Å². The molecule has 0 bridgehead atoms. The topological polar surface area (TPSA) is 32.3 Å². The molecule has 1 rings (SSSR count). The second kappa shape index (κ2) is 6.59. The zero-order chi connectivity index (χ0) is 15.4. The standard InChI is InChI=1S/C15H22F3NO/c1-11(2)9-14(3,20)10-19-13(15(16,17)18)12-7-5-4-6-8-12/h4-8,11,13,19-20H,9-10H2,1-3H3. The molecular formula is C15H22F3NO. The molecule has 0 saturated carbocycles. The maximum absolute atomic E-state index is 13.1. The molecule has 0 aliphatic heterocycles. The van der Waals surface area contributed by atoms with Crippen LogP contribution in [-0.2, 0) is 0 Å². The summed E-state index contributed by atoms with van der Waals surface area (Å²) in [6.07, 6.45) is -3.95. The van der Waals surface area contributed by atoms with E-state index < -0.39 is 17.8 Å². The van der Waals surface area contributed by atoms with Crippen LogP contribution in [0.25, 0.3) is 0 Å². The second-order valence-corrected chi connectivity index (χ2v) is 5.86.